The van der Waals surface area contributed by atoms with Gasteiger partial charge < -0.3 is 11.1 Å². The van der Waals surface area contributed by atoms with E-state index in [2.05, 4.69) is 15.5 Å². The first kappa shape index (κ1) is 14.1. The Kier molecular flexibility index (Phi) is 3.87. The topological polar surface area (TPSA) is 131 Å². The van der Waals surface area contributed by atoms with E-state index in [-0.39, 0.29) is 16.8 Å². The van der Waals surface area contributed by atoms with Crippen molar-refractivity contribution >= 4 is 17.3 Å². The second kappa shape index (κ2) is 5.76. The first-order valence-electron chi connectivity index (χ1n) is 6.19. The predicted molar refractivity (Wildman–Crippen MR) is 76.2 cm³/mol. The molecule has 0 aliphatic heterocycles. The summed E-state index contributed by atoms with van der Waals surface area (Å²) in [6, 6.07) is 8.26. The lowest BCUT2D eigenvalue weighted by molar-refractivity contribution is 0.102. The Balaban J connectivity index is 2.26. The monoisotopic (exact) mass is 280 g/mol. The van der Waals surface area contributed by atoms with E-state index in [0.717, 1.165) is 0 Å². The molecule has 0 fully saturated rings. The first-order chi connectivity index (χ1) is 10.1. The number of H-pyrrole nitrogens is 1. The van der Waals surface area contributed by atoms with E-state index in [1.807, 2.05) is 19.1 Å². The zero-order valence-corrected chi connectivity index (χ0v) is 11.3. The number of nitrogen functional groups attached to an aromatic ring is 1. The van der Waals surface area contributed by atoms with Crippen molar-refractivity contribution in [1.82, 2.24) is 10.2 Å². The van der Waals surface area contributed by atoms with Gasteiger partial charge in [0.2, 0.25) is 0 Å². The molecule has 2 rings (SSSR count). The highest BCUT2D eigenvalue weighted by Gasteiger charge is 2.17. The maximum Gasteiger partial charge on any atom is 0.278 e. The third-order valence-electron chi connectivity index (χ3n) is 2.97. The summed E-state index contributed by atoms with van der Waals surface area (Å²) in [6.45, 7) is 1.89. The van der Waals surface area contributed by atoms with Crippen LogP contribution in [0.25, 0.3) is 0 Å². The van der Waals surface area contributed by atoms with Crippen LogP contribution in [0.5, 0.6) is 0 Å². The summed E-state index contributed by atoms with van der Waals surface area (Å²) in [5, 5.41) is 27.0. The number of nitrogens with two attached hydrogens (primary N) is 1. The fourth-order valence-electron chi connectivity index (χ4n) is 1.83. The molecule has 0 saturated heterocycles. The van der Waals surface area contributed by atoms with E-state index in [0.29, 0.717) is 23.5 Å². The molecule has 0 spiro atoms. The summed E-state index contributed by atoms with van der Waals surface area (Å²) in [5.74, 6) is -0.475. The molecule has 104 valence electrons. The molecule has 2 aromatic rings. The van der Waals surface area contributed by atoms with Crippen molar-refractivity contribution in [3.05, 3.63) is 40.7 Å². The number of benzene rings is 1. The largest absolute Gasteiger partial charge is 0.395 e. The van der Waals surface area contributed by atoms with Crippen LogP contribution in [0.15, 0.2) is 18.2 Å². The summed E-state index contributed by atoms with van der Waals surface area (Å²) < 4.78 is 0. The number of nitriles is 2. The quantitative estimate of drug-likeness (QED) is 0.784. The minimum Gasteiger partial charge on any atom is -0.395 e. The molecule has 4 N–H and O–H groups in total. The second-order valence-corrected chi connectivity index (χ2v) is 4.26. The standard InChI is InChI=1S/C14H12N6O/c1-2-11-12(17)13(20-19-11)14(21)18-10-4-3-8(6-15)9(5-10)7-16/h3-5H,2,17H2,1H3,(H,18,21)(H,19,20). The third-order valence-corrected chi connectivity index (χ3v) is 2.97. The van der Waals surface area contributed by atoms with Crippen LogP contribution in [0.4, 0.5) is 11.4 Å². The lowest BCUT2D eigenvalue weighted by Gasteiger charge is -2.05. The summed E-state index contributed by atoms with van der Waals surface area (Å²) in [7, 11) is 0. The number of carbonyl (C=O) groups excluding carboxylic acids is 1. The number of aromatic nitrogens is 2. The molecule has 1 heterocycles. The molecule has 7 nitrogen and oxygen atoms in total. The number of nitrogens with zero attached hydrogens (tertiary/aromatic N) is 3. The van der Waals surface area contributed by atoms with Crippen molar-refractivity contribution in [1.29, 1.82) is 10.5 Å². The van der Waals surface area contributed by atoms with Gasteiger partial charge in [-0.2, -0.15) is 15.6 Å². The molecule has 0 atom stereocenters. The smallest absolute Gasteiger partial charge is 0.278 e. The van der Waals surface area contributed by atoms with Crippen LogP contribution in [0, 0.1) is 22.7 Å². The number of aryl methyl sites for hydroxylation is 1. The van der Waals surface area contributed by atoms with Crippen molar-refractivity contribution in [2.45, 2.75) is 13.3 Å². The summed E-state index contributed by atoms with van der Waals surface area (Å²) in [6.07, 6.45) is 0.640. The molecular weight excluding hydrogens is 268 g/mol. The number of amides is 1. The van der Waals surface area contributed by atoms with Crippen molar-refractivity contribution in [2.75, 3.05) is 11.1 Å². The molecular formula is C14H12N6O. The Morgan fingerprint density at radius 1 is 1.38 bits per heavy atom. The van der Waals surface area contributed by atoms with Gasteiger partial charge in [0.1, 0.15) is 12.1 Å². The maximum atomic E-state index is 12.1. The zero-order chi connectivity index (χ0) is 15.4. The van der Waals surface area contributed by atoms with Gasteiger partial charge >= 0.3 is 0 Å². The van der Waals surface area contributed by atoms with Gasteiger partial charge in [0.25, 0.3) is 5.91 Å². The Morgan fingerprint density at radius 3 is 2.67 bits per heavy atom. The zero-order valence-electron chi connectivity index (χ0n) is 11.3. The lowest BCUT2D eigenvalue weighted by atomic mass is 10.1. The van der Waals surface area contributed by atoms with Crippen LogP contribution in [-0.4, -0.2) is 16.1 Å². The Bertz CT molecular complexity index is 778. The number of aromatic amines is 1. The molecule has 1 aromatic carbocycles. The van der Waals surface area contributed by atoms with Gasteiger partial charge in [0.05, 0.1) is 22.5 Å². The molecule has 7 heteroatoms. The highest BCUT2D eigenvalue weighted by Crippen LogP contribution is 2.18. The highest BCUT2D eigenvalue weighted by molar-refractivity contribution is 6.06. The molecule has 0 unspecified atom stereocenters. The van der Waals surface area contributed by atoms with Gasteiger partial charge in [-0.15, -0.1) is 0 Å². The van der Waals surface area contributed by atoms with Crippen LogP contribution in [0.2, 0.25) is 0 Å². The SMILES string of the molecule is CCc1[nH]nc(C(=O)Nc2ccc(C#N)c(C#N)c2)c1N. The molecule has 21 heavy (non-hydrogen) atoms. The first-order valence-corrected chi connectivity index (χ1v) is 6.19. The van der Waals surface area contributed by atoms with E-state index in [9.17, 15) is 4.79 Å². The maximum absolute atomic E-state index is 12.1. The van der Waals surface area contributed by atoms with Crippen molar-refractivity contribution in [2.24, 2.45) is 0 Å². The van der Waals surface area contributed by atoms with Gasteiger partial charge in [0, 0.05) is 5.69 Å². The van der Waals surface area contributed by atoms with Crippen LogP contribution in [0.1, 0.15) is 34.2 Å². The Labute approximate surface area is 121 Å². The average molecular weight is 280 g/mol. The van der Waals surface area contributed by atoms with E-state index >= 15 is 0 Å². The second-order valence-electron chi connectivity index (χ2n) is 4.26. The molecule has 0 aliphatic rings. The summed E-state index contributed by atoms with van der Waals surface area (Å²) in [4.78, 5) is 12.1. The molecule has 1 amide bonds. The third kappa shape index (κ3) is 2.67. The number of anilines is 2. The van der Waals surface area contributed by atoms with Gasteiger partial charge in [-0.1, -0.05) is 6.92 Å². The number of hydrogen-bond acceptors (Lipinski definition) is 5. The van der Waals surface area contributed by atoms with Crippen molar-refractivity contribution in [3.8, 4) is 12.1 Å². The van der Waals surface area contributed by atoms with Crippen molar-refractivity contribution < 1.29 is 4.79 Å². The van der Waals surface area contributed by atoms with E-state index < -0.39 is 5.91 Å². The Hall–Kier alpha value is -3.32. The van der Waals surface area contributed by atoms with E-state index in [4.69, 9.17) is 16.3 Å². The number of hydrogen-bond donors (Lipinski definition) is 3. The minimum absolute atomic E-state index is 0.106. The van der Waals surface area contributed by atoms with Crippen molar-refractivity contribution in [3.63, 3.8) is 0 Å². The van der Waals surface area contributed by atoms with Gasteiger partial charge in [0.15, 0.2) is 5.69 Å². The van der Waals surface area contributed by atoms with Gasteiger partial charge in [-0.05, 0) is 24.6 Å². The predicted octanol–water partition coefficient (Wildman–Crippen LogP) is 1.55. The van der Waals surface area contributed by atoms with Gasteiger partial charge in [-0.25, -0.2) is 0 Å². The summed E-state index contributed by atoms with van der Waals surface area (Å²) >= 11 is 0. The fraction of sp³-hybridized carbons (Fsp3) is 0.143. The highest BCUT2D eigenvalue weighted by atomic mass is 16.2. The number of carbonyl (C=O) groups is 1. The fourth-order valence-corrected chi connectivity index (χ4v) is 1.83. The molecule has 0 radical (unpaired) electrons. The normalized spacial score (nSPS) is 9.67. The number of nitrogens with one attached hydrogen (secondary N) is 2. The van der Waals surface area contributed by atoms with E-state index in [1.54, 1.807) is 6.07 Å². The lowest BCUT2D eigenvalue weighted by Crippen LogP contribution is -2.14. The van der Waals surface area contributed by atoms with Crippen LogP contribution >= 0.6 is 0 Å². The van der Waals surface area contributed by atoms with Crippen LogP contribution < -0.4 is 11.1 Å². The molecule has 0 aliphatic carbocycles. The summed E-state index contributed by atoms with van der Waals surface area (Å²) in [5.41, 5.74) is 7.77. The molecule has 0 bridgehead atoms. The Morgan fingerprint density at radius 2 is 2.10 bits per heavy atom. The van der Waals surface area contributed by atoms with E-state index in [1.165, 1.54) is 12.1 Å². The number of rotatable bonds is 3. The molecule has 1 aromatic heterocycles. The molecule has 0 saturated carbocycles. The minimum atomic E-state index is -0.475. The average Bonchev–Trinajstić information content (AvgIpc) is 2.88. The van der Waals surface area contributed by atoms with Gasteiger partial charge in [-0.3, -0.25) is 9.89 Å². The van der Waals surface area contributed by atoms with Crippen LogP contribution in [-0.2, 0) is 6.42 Å². The van der Waals surface area contributed by atoms with Crippen LogP contribution in [0.3, 0.4) is 0 Å².